The van der Waals surface area contributed by atoms with Crippen molar-refractivity contribution in [1.29, 1.82) is 0 Å². The summed E-state index contributed by atoms with van der Waals surface area (Å²) in [5, 5.41) is 11.5. The van der Waals surface area contributed by atoms with Gasteiger partial charge >= 0.3 is 0 Å². The summed E-state index contributed by atoms with van der Waals surface area (Å²) >= 11 is 0. The quantitative estimate of drug-likeness (QED) is 0.486. The van der Waals surface area contributed by atoms with Crippen molar-refractivity contribution in [1.82, 2.24) is 29.5 Å². The van der Waals surface area contributed by atoms with Crippen LogP contribution in [-0.4, -0.2) is 35.5 Å². The topological polar surface area (TPSA) is 98.0 Å². The molecule has 0 fully saturated rings. The van der Waals surface area contributed by atoms with Crippen LogP contribution in [0.25, 0.3) is 39.8 Å². The normalized spacial score (nSPS) is 10.9. The minimum Gasteiger partial charge on any atom is -0.326 e. The van der Waals surface area contributed by atoms with E-state index in [1.807, 2.05) is 71.3 Å². The van der Waals surface area contributed by atoms with Gasteiger partial charge in [-0.05, 0) is 36.4 Å². The van der Waals surface area contributed by atoms with Gasteiger partial charge in [-0.2, -0.15) is 0 Å². The molecule has 5 rings (SSSR count). The maximum atomic E-state index is 11.3. The smallest absolute Gasteiger partial charge is 0.254 e. The number of hydrogen-bond donors (Lipinski definition) is 1. The molecule has 8 nitrogen and oxygen atoms in total. The Morgan fingerprint density at radius 3 is 2.19 bits per heavy atom. The number of imidazole rings is 1. The molecule has 0 spiro atoms. The highest BCUT2D eigenvalue weighted by molar-refractivity contribution is 5.89. The lowest BCUT2D eigenvalue weighted by atomic mass is 10.1. The highest BCUT2D eigenvalue weighted by atomic mass is 16.1. The first-order valence-corrected chi connectivity index (χ1v) is 9.65. The molecule has 0 aliphatic heterocycles. The van der Waals surface area contributed by atoms with E-state index in [4.69, 9.17) is 0 Å². The molecule has 0 atom stereocenters. The molecule has 8 heteroatoms. The van der Waals surface area contributed by atoms with E-state index >= 15 is 0 Å². The van der Waals surface area contributed by atoms with E-state index in [1.54, 1.807) is 12.4 Å². The number of aromatic nitrogens is 6. The Kier molecular flexibility index (Phi) is 4.64. The lowest BCUT2D eigenvalue weighted by Gasteiger charge is -2.09. The summed E-state index contributed by atoms with van der Waals surface area (Å²) in [4.78, 5) is 24.9. The summed E-state index contributed by atoms with van der Waals surface area (Å²) in [5.41, 5.74) is 5.19. The Morgan fingerprint density at radius 2 is 1.55 bits per heavy atom. The Hall–Kier alpha value is -4.46. The van der Waals surface area contributed by atoms with Gasteiger partial charge in [0.25, 0.3) is 5.78 Å². The highest BCUT2D eigenvalue weighted by Gasteiger charge is 2.18. The Bertz CT molecular complexity index is 1360. The van der Waals surface area contributed by atoms with Gasteiger partial charge in [-0.1, -0.05) is 24.3 Å². The van der Waals surface area contributed by atoms with Crippen LogP contribution in [0, 0.1) is 0 Å². The minimum atomic E-state index is -0.113. The van der Waals surface area contributed by atoms with Crippen molar-refractivity contribution in [2.24, 2.45) is 0 Å². The molecule has 1 N–H and O–H groups in total. The van der Waals surface area contributed by atoms with E-state index in [1.165, 1.54) is 6.92 Å². The fraction of sp³-hybridized carbons (Fsp3) is 0.0435. The van der Waals surface area contributed by atoms with Crippen LogP contribution in [-0.2, 0) is 4.79 Å². The number of fused-ring (bicyclic) bond motifs is 1. The van der Waals surface area contributed by atoms with Gasteiger partial charge in [0.05, 0.1) is 17.1 Å². The second kappa shape index (κ2) is 7.75. The van der Waals surface area contributed by atoms with Gasteiger partial charge < -0.3 is 5.32 Å². The molecule has 4 aromatic heterocycles. The summed E-state index contributed by atoms with van der Waals surface area (Å²) in [7, 11) is 0. The summed E-state index contributed by atoms with van der Waals surface area (Å²) in [5.74, 6) is 0.346. The third kappa shape index (κ3) is 3.62. The predicted molar refractivity (Wildman–Crippen MR) is 117 cm³/mol. The lowest BCUT2D eigenvalue weighted by molar-refractivity contribution is -0.114. The summed E-state index contributed by atoms with van der Waals surface area (Å²) in [6, 6.07) is 18.9. The largest absolute Gasteiger partial charge is 0.326 e. The van der Waals surface area contributed by atoms with Crippen molar-refractivity contribution >= 4 is 17.4 Å². The van der Waals surface area contributed by atoms with E-state index in [0.717, 1.165) is 28.3 Å². The zero-order chi connectivity index (χ0) is 21.2. The van der Waals surface area contributed by atoms with Crippen molar-refractivity contribution < 1.29 is 4.79 Å². The number of anilines is 1. The molecule has 0 aliphatic rings. The fourth-order valence-corrected chi connectivity index (χ4v) is 3.35. The number of benzene rings is 1. The van der Waals surface area contributed by atoms with Gasteiger partial charge in [-0.15, -0.1) is 10.2 Å². The van der Waals surface area contributed by atoms with E-state index in [0.29, 0.717) is 17.2 Å². The van der Waals surface area contributed by atoms with Crippen LogP contribution >= 0.6 is 0 Å². The molecule has 0 aliphatic carbocycles. The van der Waals surface area contributed by atoms with Gasteiger partial charge in [0, 0.05) is 36.8 Å². The third-order valence-electron chi connectivity index (χ3n) is 4.71. The molecule has 31 heavy (non-hydrogen) atoms. The SMILES string of the molecule is CC(=O)Nc1ccc(-c2cn3c(-c4ccccn4)c(-c4ccccn4)nnc3n2)cc1. The van der Waals surface area contributed by atoms with Crippen LogP contribution in [0.2, 0.25) is 0 Å². The molecule has 4 heterocycles. The second-order valence-electron chi connectivity index (χ2n) is 6.88. The van der Waals surface area contributed by atoms with Crippen LogP contribution in [0.1, 0.15) is 6.92 Å². The second-order valence-corrected chi connectivity index (χ2v) is 6.88. The molecule has 0 bridgehead atoms. The van der Waals surface area contributed by atoms with Gasteiger partial charge in [0.15, 0.2) is 0 Å². The first-order valence-electron chi connectivity index (χ1n) is 9.65. The number of carbonyl (C=O) groups excluding carboxylic acids is 1. The molecule has 1 amide bonds. The maximum absolute atomic E-state index is 11.3. The van der Waals surface area contributed by atoms with Crippen molar-refractivity contribution in [3.8, 4) is 34.0 Å². The van der Waals surface area contributed by atoms with Gasteiger partial charge in [0.1, 0.15) is 11.4 Å². The molecular weight excluding hydrogens is 390 g/mol. The van der Waals surface area contributed by atoms with Crippen molar-refractivity contribution in [2.75, 3.05) is 5.32 Å². The van der Waals surface area contributed by atoms with Crippen LogP contribution in [0.4, 0.5) is 5.69 Å². The van der Waals surface area contributed by atoms with E-state index in [2.05, 4.69) is 30.5 Å². The monoisotopic (exact) mass is 407 g/mol. The summed E-state index contributed by atoms with van der Waals surface area (Å²) in [6.07, 6.45) is 5.37. The average Bonchev–Trinajstić information content (AvgIpc) is 3.24. The van der Waals surface area contributed by atoms with Crippen LogP contribution in [0.15, 0.2) is 79.3 Å². The first-order chi connectivity index (χ1) is 15.2. The molecular formula is C23H17N7O. The Morgan fingerprint density at radius 1 is 0.839 bits per heavy atom. The van der Waals surface area contributed by atoms with Crippen molar-refractivity contribution in [3.05, 3.63) is 79.3 Å². The number of pyridine rings is 2. The lowest BCUT2D eigenvalue weighted by Crippen LogP contribution is -2.05. The molecule has 0 radical (unpaired) electrons. The van der Waals surface area contributed by atoms with Gasteiger partial charge in [-0.3, -0.25) is 19.2 Å². The van der Waals surface area contributed by atoms with Gasteiger partial charge in [0.2, 0.25) is 5.91 Å². The zero-order valence-corrected chi connectivity index (χ0v) is 16.6. The Labute approximate surface area is 177 Å². The first kappa shape index (κ1) is 18.6. The molecule has 150 valence electrons. The number of nitrogens with zero attached hydrogens (tertiary/aromatic N) is 6. The number of rotatable bonds is 4. The molecule has 0 unspecified atom stereocenters. The minimum absolute atomic E-state index is 0.113. The van der Waals surface area contributed by atoms with Crippen LogP contribution in [0.5, 0.6) is 0 Å². The summed E-state index contributed by atoms with van der Waals surface area (Å²) < 4.78 is 1.89. The number of hydrogen-bond acceptors (Lipinski definition) is 6. The average molecular weight is 407 g/mol. The molecule has 0 saturated carbocycles. The van der Waals surface area contributed by atoms with E-state index in [9.17, 15) is 4.79 Å². The van der Waals surface area contributed by atoms with Crippen LogP contribution < -0.4 is 5.32 Å². The van der Waals surface area contributed by atoms with E-state index < -0.39 is 0 Å². The van der Waals surface area contributed by atoms with Crippen molar-refractivity contribution in [3.63, 3.8) is 0 Å². The van der Waals surface area contributed by atoms with Crippen molar-refractivity contribution in [2.45, 2.75) is 6.92 Å². The van der Waals surface area contributed by atoms with Gasteiger partial charge in [-0.25, -0.2) is 4.98 Å². The molecule has 1 aromatic carbocycles. The Balaban J connectivity index is 1.67. The molecule has 0 saturated heterocycles. The zero-order valence-electron chi connectivity index (χ0n) is 16.6. The fourth-order valence-electron chi connectivity index (χ4n) is 3.35. The third-order valence-corrected chi connectivity index (χ3v) is 4.71. The van der Waals surface area contributed by atoms with E-state index in [-0.39, 0.29) is 5.91 Å². The standard InChI is InChI=1S/C23H17N7O/c1-15(31)26-17-10-8-16(9-11-17)20-14-30-22(19-7-3-5-13-25-19)21(28-29-23(30)27-20)18-6-2-4-12-24-18/h2-14H,1H3,(H,26,31). The predicted octanol–water partition coefficient (Wildman–Crippen LogP) is 3.87. The number of amides is 1. The molecule has 5 aromatic rings. The highest BCUT2D eigenvalue weighted by Crippen LogP contribution is 2.30. The number of nitrogens with one attached hydrogen (secondary N) is 1. The number of carbonyl (C=O) groups is 1. The maximum Gasteiger partial charge on any atom is 0.254 e. The summed E-state index contributed by atoms with van der Waals surface area (Å²) in [6.45, 7) is 1.48. The van der Waals surface area contributed by atoms with Crippen LogP contribution in [0.3, 0.4) is 0 Å².